The van der Waals surface area contributed by atoms with Crippen molar-refractivity contribution < 1.29 is 33.3 Å². The van der Waals surface area contributed by atoms with Crippen LogP contribution in [0.3, 0.4) is 0 Å². The van der Waals surface area contributed by atoms with Crippen LogP contribution in [0.4, 0.5) is 0 Å². The summed E-state index contributed by atoms with van der Waals surface area (Å²) in [6, 6.07) is 11.3. The van der Waals surface area contributed by atoms with Crippen molar-refractivity contribution in [3.8, 4) is 29.4 Å². The van der Waals surface area contributed by atoms with Gasteiger partial charge in [0.1, 0.15) is 22.5 Å². The predicted octanol–water partition coefficient (Wildman–Crippen LogP) is 2.56. The highest BCUT2D eigenvalue weighted by Crippen LogP contribution is 2.34. The molecule has 40 heavy (non-hydrogen) atoms. The van der Waals surface area contributed by atoms with Gasteiger partial charge in [-0.05, 0) is 49.1 Å². The molecule has 2 aromatic carbocycles. The van der Waals surface area contributed by atoms with Gasteiger partial charge in [0.05, 0.1) is 33.7 Å². The highest BCUT2D eigenvalue weighted by molar-refractivity contribution is 7.92. The number of sulfone groups is 1. The zero-order valence-electron chi connectivity index (χ0n) is 22.1. The fraction of sp³-hybridized carbons (Fsp3) is 0.379. The standard InChI is InChI=1S/C29H30N2O7S2/c1-28(40(2,36)37,19-30-26(34)21-8-3-4-9-23(21)32)18-24(33)27-31-22-11-10-20(17-25(22)39-27)7-5-6-12-29(35)13-15-38-16-14-29/h3-4,8-11,17,24,32-33,35H,13-16,18-19H2,1-2H3,(H,30,34)/t24-,28-/m1/s1. The van der Waals surface area contributed by atoms with Crippen molar-refractivity contribution in [1.29, 1.82) is 0 Å². The van der Waals surface area contributed by atoms with Crippen LogP contribution in [0.15, 0.2) is 42.5 Å². The smallest absolute Gasteiger partial charge is 0.255 e. The molecule has 1 fully saturated rings. The van der Waals surface area contributed by atoms with E-state index >= 15 is 0 Å². The molecule has 4 N–H and O–H groups in total. The van der Waals surface area contributed by atoms with E-state index in [0.717, 1.165) is 11.0 Å². The number of hydrogen-bond acceptors (Lipinski definition) is 9. The van der Waals surface area contributed by atoms with Gasteiger partial charge in [-0.1, -0.05) is 24.0 Å². The van der Waals surface area contributed by atoms with Crippen LogP contribution in [0.2, 0.25) is 0 Å². The second-order valence-electron chi connectivity index (χ2n) is 10.0. The number of thiazole rings is 1. The molecule has 0 unspecified atom stereocenters. The molecule has 1 aromatic heterocycles. The molecule has 1 aliphatic heterocycles. The monoisotopic (exact) mass is 582 g/mol. The van der Waals surface area contributed by atoms with Crippen molar-refractivity contribution in [3.63, 3.8) is 0 Å². The summed E-state index contributed by atoms with van der Waals surface area (Å²) in [4.78, 5) is 17.0. The molecule has 1 aliphatic rings. The van der Waals surface area contributed by atoms with Crippen LogP contribution < -0.4 is 5.32 Å². The van der Waals surface area contributed by atoms with Crippen molar-refractivity contribution >= 4 is 37.3 Å². The normalized spacial score (nSPS) is 17.0. The molecule has 9 nitrogen and oxygen atoms in total. The summed E-state index contributed by atoms with van der Waals surface area (Å²) in [5.74, 6) is 10.4. The molecule has 0 bridgehead atoms. The van der Waals surface area contributed by atoms with Crippen molar-refractivity contribution in [1.82, 2.24) is 10.3 Å². The van der Waals surface area contributed by atoms with E-state index < -0.39 is 32.2 Å². The third-order valence-corrected chi connectivity index (χ3v) is 10.1. The number of phenolic OH excluding ortho intramolecular Hbond substituents is 1. The second kappa shape index (κ2) is 12.0. The number of benzene rings is 2. The maximum Gasteiger partial charge on any atom is 0.255 e. The van der Waals surface area contributed by atoms with Crippen molar-refractivity contribution in [3.05, 3.63) is 58.6 Å². The number of rotatable bonds is 7. The van der Waals surface area contributed by atoms with E-state index in [1.807, 2.05) is 6.07 Å². The summed E-state index contributed by atoms with van der Waals surface area (Å²) >= 11 is 1.22. The Morgan fingerprint density at radius 3 is 2.65 bits per heavy atom. The lowest BCUT2D eigenvalue weighted by molar-refractivity contribution is -0.0261. The average molecular weight is 583 g/mol. The molecule has 0 saturated carbocycles. The number of aliphatic hydroxyl groups excluding tert-OH is 1. The van der Waals surface area contributed by atoms with E-state index in [9.17, 15) is 28.5 Å². The zero-order chi connectivity index (χ0) is 29.0. The number of nitrogens with one attached hydrogen (secondary N) is 1. The number of hydrogen-bond donors (Lipinski definition) is 4. The number of fused-ring (bicyclic) bond motifs is 1. The molecule has 0 spiro atoms. The molecule has 2 atom stereocenters. The fourth-order valence-electron chi connectivity index (χ4n) is 4.13. The molecular weight excluding hydrogens is 552 g/mol. The Kier molecular flexibility index (Phi) is 8.83. The largest absolute Gasteiger partial charge is 0.507 e. The Bertz CT molecular complexity index is 1640. The first kappa shape index (κ1) is 29.5. The average Bonchev–Trinajstić information content (AvgIpc) is 3.34. The number of nitrogens with zero attached hydrogens (tertiary/aromatic N) is 1. The Morgan fingerprint density at radius 1 is 1.23 bits per heavy atom. The van der Waals surface area contributed by atoms with Gasteiger partial charge in [-0.2, -0.15) is 0 Å². The number of aromatic hydroxyl groups is 1. The van der Waals surface area contributed by atoms with Gasteiger partial charge in [0, 0.05) is 37.6 Å². The molecule has 1 amide bonds. The van der Waals surface area contributed by atoms with Gasteiger partial charge in [-0.25, -0.2) is 13.4 Å². The van der Waals surface area contributed by atoms with Gasteiger partial charge in [0.25, 0.3) is 5.91 Å². The van der Waals surface area contributed by atoms with E-state index in [0.29, 0.717) is 42.1 Å². The van der Waals surface area contributed by atoms with Crippen molar-refractivity contribution in [2.45, 2.75) is 42.6 Å². The number of aliphatic hydroxyl groups is 2. The number of para-hydroxylation sites is 1. The van der Waals surface area contributed by atoms with Gasteiger partial charge in [-0.15, -0.1) is 11.3 Å². The first-order valence-corrected chi connectivity index (χ1v) is 15.3. The highest BCUT2D eigenvalue weighted by atomic mass is 32.2. The van der Waals surface area contributed by atoms with E-state index in [-0.39, 0.29) is 24.3 Å². The van der Waals surface area contributed by atoms with Crippen LogP contribution in [0.5, 0.6) is 5.75 Å². The minimum atomic E-state index is -3.73. The zero-order valence-corrected chi connectivity index (χ0v) is 23.7. The minimum Gasteiger partial charge on any atom is -0.507 e. The molecule has 2 heterocycles. The Labute approximate surface area is 237 Å². The Morgan fingerprint density at radius 2 is 1.95 bits per heavy atom. The van der Waals surface area contributed by atoms with Crippen LogP contribution in [-0.2, 0) is 14.6 Å². The SMILES string of the molecule is C[C@](CNC(=O)c1ccccc1O)(C[C@@H](O)c1nc2ccc(C#CC#CC3(O)CCOCC3)cc2s1)S(C)(=O)=O. The Hall–Kier alpha value is -3.45. The van der Waals surface area contributed by atoms with Gasteiger partial charge in [-0.3, -0.25) is 4.79 Å². The molecule has 210 valence electrons. The topological polar surface area (TPSA) is 146 Å². The van der Waals surface area contributed by atoms with Crippen LogP contribution in [0, 0.1) is 23.7 Å². The lowest BCUT2D eigenvalue weighted by Gasteiger charge is -2.29. The fourth-order valence-corrected chi connectivity index (χ4v) is 5.91. The minimum absolute atomic E-state index is 0.0226. The molecule has 11 heteroatoms. The van der Waals surface area contributed by atoms with E-state index in [2.05, 4.69) is 34.0 Å². The number of carbonyl (C=O) groups excluding carboxylic acids is 1. The predicted molar refractivity (Wildman–Crippen MR) is 153 cm³/mol. The second-order valence-corrected chi connectivity index (χ2v) is 13.6. The van der Waals surface area contributed by atoms with Gasteiger partial charge < -0.3 is 25.4 Å². The van der Waals surface area contributed by atoms with Crippen LogP contribution in [0.1, 0.15) is 53.2 Å². The van der Waals surface area contributed by atoms with Gasteiger partial charge in [0.2, 0.25) is 0 Å². The van der Waals surface area contributed by atoms with Gasteiger partial charge >= 0.3 is 0 Å². The lowest BCUT2D eigenvalue weighted by atomic mass is 9.95. The molecule has 1 saturated heterocycles. The molecule has 3 aromatic rings. The quantitative estimate of drug-likeness (QED) is 0.311. The van der Waals surface area contributed by atoms with Crippen LogP contribution in [-0.4, -0.2) is 71.0 Å². The summed E-state index contributed by atoms with van der Waals surface area (Å²) < 4.78 is 29.9. The van der Waals surface area contributed by atoms with Crippen LogP contribution >= 0.6 is 11.3 Å². The van der Waals surface area contributed by atoms with E-state index in [1.54, 1.807) is 24.3 Å². The molecular formula is C29H30N2O7S2. The van der Waals surface area contributed by atoms with Gasteiger partial charge in [0.15, 0.2) is 9.84 Å². The molecule has 0 radical (unpaired) electrons. The number of carbonyl (C=O) groups is 1. The summed E-state index contributed by atoms with van der Waals surface area (Å²) in [6.07, 6.45) is 0.531. The third kappa shape index (κ3) is 7.00. The Balaban J connectivity index is 1.47. The summed E-state index contributed by atoms with van der Waals surface area (Å²) in [7, 11) is -3.73. The highest BCUT2D eigenvalue weighted by Gasteiger charge is 2.39. The summed E-state index contributed by atoms with van der Waals surface area (Å²) in [5, 5.41) is 34.2. The maximum absolute atomic E-state index is 12.7. The maximum atomic E-state index is 12.7. The van der Waals surface area contributed by atoms with Crippen molar-refractivity contribution in [2.24, 2.45) is 0 Å². The van der Waals surface area contributed by atoms with Crippen molar-refractivity contribution in [2.75, 3.05) is 26.0 Å². The third-order valence-electron chi connectivity index (χ3n) is 6.87. The molecule has 4 rings (SSSR count). The summed E-state index contributed by atoms with van der Waals surface area (Å²) in [5.41, 5.74) is 0.250. The number of aromatic nitrogens is 1. The summed E-state index contributed by atoms with van der Waals surface area (Å²) in [6.45, 7) is 2.11. The first-order chi connectivity index (χ1) is 18.9. The number of ether oxygens (including phenoxy) is 1. The first-order valence-electron chi connectivity index (χ1n) is 12.6. The molecule has 0 aliphatic carbocycles. The number of phenols is 1. The van der Waals surface area contributed by atoms with Crippen LogP contribution in [0.25, 0.3) is 10.2 Å². The number of amides is 1. The van der Waals surface area contributed by atoms with E-state index in [4.69, 9.17) is 4.74 Å². The van der Waals surface area contributed by atoms with E-state index in [1.165, 1.54) is 30.4 Å². The lowest BCUT2D eigenvalue weighted by Crippen LogP contribution is -2.47.